The van der Waals surface area contributed by atoms with E-state index in [-0.39, 0.29) is 11.3 Å². The summed E-state index contributed by atoms with van der Waals surface area (Å²) in [6.07, 6.45) is 4.34. The van der Waals surface area contributed by atoms with Gasteiger partial charge in [-0.1, -0.05) is 69.3 Å². The van der Waals surface area contributed by atoms with Gasteiger partial charge in [-0.05, 0) is 52.8 Å². The highest BCUT2D eigenvalue weighted by molar-refractivity contribution is 5.84. The van der Waals surface area contributed by atoms with E-state index >= 15 is 0 Å². The van der Waals surface area contributed by atoms with Crippen LogP contribution < -0.4 is 10.1 Å². The van der Waals surface area contributed by atoms with Crippen molar-refractivity contribution in [3.8, 4) is 5.75 Å². The highest BCUT2D eigenvalue weighted by Crippen LogP contribution is 2.46. The number of H-pyrrole nitrogens is 2. The predicted octanol–water partition coefficient (Wildman–Crippen LogP) is 7.22. The molecule has 6 rings (SSSR count). The molecule has 1 amide bonds. The van der Waals surface area contributed by atoms with Crippen molar-refractivity contribution in [1.82, 2.24) is 30.0 Å². The molecule has 1 unspecified atom stereocenters. The fraction of sp³-hybridized carbons (Fsp3) is 0.286. The standard InChI is InChI=1S/C35H38N6O3/c1-35(2,3)31(27-20-37-29-12-8-6-10-26(27)29)32(38-34(42)43)33-40-39-30(41(33)21-22-13-16-24(44-4)17-14-22)18-15-23-19-36-28-11-7-5-9-25(23)28/h5-14,16-17,19-20,31-32,36-38H,15,18,21H2,1-4H3,(H,42,43)/t31-,32?/m1/s1. The van der Waals surface area contributed by atoms with Gasteiger partial charge in [0.25, 0.3) is 0 Å². The minimum Gasteiger partial charge on any atom is -0.497 e. The highest BCUT2D eigenvalue weighted by atomic mass is 16.5. The largest absolute Gasteiger partial charge is 0.497 e. The van der Waals surface area contributed by atoms with E-state index in [9.17, 15) is 9.90 Å². The molecule has 9 heteroatoms. The second kappa shape index (κ2) is 11.9. The lowest BCUT2D eigenvalue weighted by Gasteiger charge is -2.37. The summed E-state index contributed by atoms with van der Waals surface area (Å²) >= 11 is 0. The second-order valence-electron chi connectivity index (χ2n) is 12.3. The van der Waals surface area contributed by atoms with Crippen molar-refractivity contribution in [1.29, 1.82) is 0 Å². The van der Waals surface area contributed by atoms with E-state index in [1.165, 1.54) is 10.9 Å². The maximum atomic E-state index is 12.4. The summed E-state index contributed by atoms with van der Waals surface area (Å²) in [6.45, 7) is 6.90. The third-order valence-electron chi connectivity index (χ3n) is 8.43. The van der Waals surface area contributed by atoms with Gasteiger partial charge in [-0.25, -0.2) is 4.79 Å². The molecular weight excluding hydrogens is 552 g/mol. The molecule has 0 aliphatic rings. The molecule has 0 fully saturated rings. The lowest BCUT2D eigenvalue weighted by atomic mass is 9.72. The Labute approximate surface area is 256 Å². The molecule has 44 heavy (non-hydrogen) atoms. The van der Waals surface area contributed by atoms with Crippen LogP contribution in [-0.2, 0) is 19.4 Å². The number of ether oxygens (including phenoxy) is 1. The monoisotopic (exact) mass is 590 g/mol. The average molecular weight is 591 g/mol. The summed E-state index contributed by atoms with van der Waals surface area (Å²) in [5, 5.41) is 24.7. The summed E-state index contributed by atoms with van der Waals surface area (Å²) < 4.78 is 7.47. The third kappa shape index (κ3) is 5.77. The van der Waals surface area contributed by atoms with E-state index in [1.54, 1.807) is 7.11 Å². The van der Waals surface area contributed by atoms with Gasteiger partial charge < -0.3 is 29.7 Å². The van der Waals surface area contributed by atoms with Crippen molar-refractivity contribution < 1.29 is 14.6 Å². The first kappa shape index (κ1) is 29.0. The van der Waals surface area contributed by atoms with Crippen LogP contribution >= 0.6 is 0 Å². The molecule has 3 aromatic heterocycles. The fourth-order valence-corrected chi connectivity index (χ4v) is 6.36. The zero-order valence-electron chi connectivity index (χ0n) is 25.5. The number of fused-ring (bicyclic) bond motifs is 2. The van der Waals surface area contributed by atoms with E-state index < -0.39 is 12.1 Å². The van der Waals surface area contributed by atoms with E-state index in [1.807, 2.05) is 60.8 Å². The number of hydrogen-bond acceptors (Lipinski definition) is 4. The third-order valence-corrected chi connectivity index (χ3v) is 8.43. The number of rotatable bonds is 10. The number of amides is 1. The number of carbonyl (C=O) groups is 1. The van der Waals surface area contributed by atoms with Crippen LogP contribution in [0.4, 0.5) is 4.79 Å². The molecule has 4 N–H and O–H groups in total. The second-order valence-corrected chi connectivity index (χ2v) is 12.3. The van der Waals surface area contributed by atoms with Gasteiger partial charge in [-0.3, -0.25) is 0 Å². The summed E-state index contributed by atoms with van der Waals surface area (Å²) in [4.78, 5) is 19.2. The van der Waals surface area contributed by atoms with Crippen LogP contribution in [-0.4, -0.2) is 43.0 Å². The molecule has 0 saturated heterocycles. The van der Waals surface area contributed by atoms with E-state index in [0.717, 1.165) is 45.5 Å². The first-order valence-corrected chi connectivity index (χ1v) is 14.9. The summed E-state index contributed by atoms with van der Waals surface area (Å²) in [6, 6.07) is 23.6. The molecule has 3 aromatic carbocycles. The summed E-state index contributed by atoms with van der Waals surface area (Å²) in [5.74, 6) is 1.90. The molecule has 226 valence electrons. The van der Waals surface area contributed by atoms with E-state index in [4.69, 9.17) is 14.9 Å². The number of benzene rings is 3. The molecule has 0 aliphatic carbocycles. The van der Waals surface area contributed by atoms with Gasteiger partial charge in [0.15, 0.2) is 5.82 Å². The van der Waals surface area contributed by atoms with Gasteiger partial charge in [0, 0.05) is 46.5 Å². The van der Waals surface area contributed by atoms with Gasteiger partial charge in [0.2, 0.25) is 0 Å². The van der Waals surface area contributed by atoms with Crippen LogP contribution in [0.15, 0.2) is 85.2 Å². The molecule has 0 radical (unpaired) electrons. The van der Waals surface area contributed by atoms with Crippen molar-refractivity contribution in [3.63, 3.8) is 0 Å². The van der Waals surface area contributed by atoms with Crippen LogP contribution in [0.2, 0.25) is 0 Å². The van der Waals surface area contributed by atoms with E-state index in [2.05, 4.69) is 65.0 Å². The Morgan fingerprint density at radius 3 is 2.25 bits per heavy atom. The smallest absolute Gasteiger partial charge is 0.405 e. The van der Waals surface area contributed by atoms with Crippen molar-refractivity contribution in [2.75, 3.05) is 7.11 Å². The highest BCUT2D eigenvalue weighted by Gasteiger charge is 2.40. The fourth-order valence-electron chi connectivity index (χ4n) is 6.36. The quantitative estimate of drug-likeness (QED) is 0.134. The average Bonchev–Trinajstić information content (AvgIpc) is 3.73. The Morgan fingerprint density at radius 2 is 1.57 bits per heavy atom. The number of methoxy groups -OCH3 is 1. The molecule has 2 atom stereocenters. The lowest BCUT2D eigenvalue weighted by Crippen LogP contribution is -2.38. The SMILES string of the molecule is COc1ccc(Cn2c(CCc3c[nH]c4ccccc34)nnc2C(NC(=O)O)[C@@H](c2c[nH]c3ccccc23)C(C)(C)C)cc1. The maximum absolute atomic E-state index is 12.4. The Morgan fingerprint density at radius 1 is 0.909 bits per heavy atom. The minimum absolute atomic E-state index is 0.255. The van der Waals surface area contributed by atoms with Gasteiger partial charge >= 0.3 is 6.09 Å². The van der Waals surface area contributed by atoms with Gasteiger partial charge in [-0.15, -0.1) is 10.2 Å². The van der Waals surface area contributed by atoms with Crippen LogP contribution in [0.3, 0.4) is 0 Å². The molecule has 0 aliphatic heterocycles. The van der Waals surface area contributed by atoms with Gasteiger partial charge in [0.05, 0.1) is 19.7 Å². The maximum Gasteiger partial charge on any atom is 0.405 e. The number of para-hydroxylation sites is 2. The van der Waals surface area contributed by atoms with Crippen molar-refractivity contribution in [2.45, 2.75) is 52.1 Å². The zero-order chi connectivity index (χ0) is 30.8. The molecule has 9 nitrogen and oxygen atoms in total. The molecule has 0 bridgehead atoms. The summed E-state index contributed by atoms with van der Waals surface area (Å²) in [5.41, 5.74) is 5.04. The Kier molecular flexibility index (Phi) is 7.86. The Hall–Kier alpha value is -5.05. The van der Waals surface area contributed by atoms with Crippen LogP contribution in [0.1, 0.15) is 61.1 Å². The topological polar surface area (TPSA) is 121 Å². The van der Waals surface area contributed by atoms with Crippen molar-refractivity contribution in [3.05, 3.63) is 114 Å². The van der Waals surface area contributed by atoms with Gasteiger partial charge in [0.1, 0.15) is 11.6 Å². The number of aromatic amines is 2. The first-order valence-electron chi connectivity index (χ1n) is 14.9. The normalized spacial score (nSPS) is 13.3. The molecular formula is C35H38N6O3. The van der Waals surface area contributed by atoms with Crippen molar-refractivity contribution in [2.24, 2.45) is 5.41 Å². The molecule has 6 aromatic rings. The van der Waals surface area contributed by atoms with Gasteiger partial charge in [-0.2, -0.15) is 0 Å². The van der Waals surface area contributed by atoms with Crippen molar-refractivity contribution >= 4 is 27.9 Å². The Balaban J connectivity index is 1.45. The number of nitrogens with zero attached hydrogens (tertiary/aromatic N) is 3. The van der Waals surface area contributed by atoms with Crippen LogP contribution in [0.25, 0.3) is 21.8 Å². The summed E-state index contributed by atoms with van der Waals surface area (Å²) in [7, 11) is 1.65. The molecule has 3 heterocycles. The zero-order valence-corrected chi connectivity index (χ0v) is 25.5. The number of aryl methyl sites for hydroxylation is 2. The predicted molar refractivity (Wildman–Crippen MR) is 172 cm³/mol. The van der Waals surface area contributed by atoms with Crippen LogP contribution in [0, 0.1) is 5.41 Å². The van der Waals surface area contributed by atoms with Crippen LogP contribution in [0.5, 0.6) is 5.75 Å². The molecule has 0 spiro atoms. The number of aromatic nitrogens is 5. The number of hydrogen-bond donors (Lipinski definition) is 4. The Bertz CT molecular complexity index is 1890. The lowest BCUT2D eigenvalue weighted by molar-refractivity contribution is 0.176. The minimum atomic E-state index is -1.11. The number of carboxylic acid groups (broad SMARTS) is 1. The molecule has 0 saturated carbocycles. The first-order chi connectivity index (χ1) is 21.2. The number of nitrogens with one attached hydrogen (secondary N) is 3. The van der Waals surface area contributed by atoms with E-state index in [0.29, 0.717) is 18.8 Å².